The van der Waals surface area contributed by atoms with E-state index in [1.54, 1.807) is 22.8 Å². The van der Waals surface area contributed by atoms with Crippen LogP contribution in [0.15, 0.2) is 42.5 Å². The van der Waals surface area contributed by atoms with E-state index in [4.69, 9.17) is 23.2 Å². The van der Waals surface area contributed by atoms with Crippen LogP contribution < -0.4 is 10.6 Å². The molecule has 1 fully saturated rings. The molecule has 29 heavy (non-hydrogen) atoms. The van der Waals surface area contributed by atoms with Crippen LogP contribution in [0.3, 0.4) is 0 Å². The number of halogens is 2. The van der Waals surface area contributed by atoms with Crippen LogP contribution in [0.25, 0.3) is 10.9 Å². The quantitative estimate of drug-likeness (QED) is 0.623. The summed E-state index contributed by atoms with van der Waals surface area (Å²) in [6, 6.07) is 12.5. The Labute approximate surface area is 179 Å². The van der Waals surface area contributed by atoms with E-state index in [1.165, 1.54) is 0 Å². The lowest BCUT2D eigenvalue weighted by Crippen LogP contribution is -2.34. The maximum absolute atomic E-state index is 13.2. The van der Waals surface area contributed by atoms with Gasteiger partial charge in [0.05, 0.1) is 21.1 Å². The summed E-state index contributed by atoms with van der Waals surface area (Å²) < 4.78 is 1.60. The molecule has 1 amide bonds. The molecule has 5 nitrogen and oxygen atoms in total. The number of hydrogen-bond donors (Lipinski definition) is 2. The molecule has 0 unspecified atom stereocenters. The predicted molar refractivity (Wildman–Crippen MR) is 117 cm³/mol. The van der Waals surface area contributed by atoms with Gasteiger partial charge >= 0.3 is 0 Å². The average Bonchev–Trinajstić information content (AvgIpc) is 3.03. The van der Waals surface area contributed by atoms with Crippen LogP contribution in [-0.2, 0) is 4.79 Å². The van der Waals surface area contributed by atoms with E-state index < -0.39 is 0 Å². The largest absolute Gasteiger partial charge is 0.326 e. The van der Waals surface area contributed by atoms with Gasteiger partial charge < -0.3 is 10.6 Å². The normalized spacial score (nSPS) is 14.9. The van der Waals surface area contributed by atoms with E-state index >= 15 is 0 Å². The number of nitrogens with zero attached hydrogens (tertiary/aromatic N) is 1. The van der Waals surface area contributed by atoms with Crippen molar-refractivity contribution in [3.8, 4) is 0 Å². The number of nitrogens with one attached hydrogen (secondary N) is 2. The van der Waals surface area contributed by atoms with Crippen molar-refractivity contribution in [3.05, 3.63) is 63.8 Å². The molecular weight excluding hydrogens is 409 g/mol. The van der Waals surface area contributed by atoms with Crippen molar-refractivity contribution >= 4 is 51.6 Å². The Balaban J connectivity index is 1.65. The van der Waals surface area contributed by atoms with Crippen molar-refractivity contribution < 1.29 is 9.59 Å². The molecule has 7 heteroatoms. The van der Waals surface area contributed by atoms with Gasteiger partial charge in [0, 0.05) is 22.7 Å². The fourth-order valence-electron chi connectivity index (χ4n) is 3.84. The van der Waals surface area contributed by atoms with Gasteiger partial charge in [-0.3, -0.25) is 14.2 Å². The molecule has 150 valence electrons. The van der Waals surface area contributed by atoms with Gasteiger partial charge in [-0.25, -0.2) is 0 Å². The van der Waals surface area contributed by atoms with Gasteiger partial charge in [0.2, 0.25) is 5.91 Å². The lowest BCUT2D eigenvalue weighted by Gasteiger charge is -2.21. The molecule has 1 aromatic heterocycles. The fourth-order valence-corrected chi connectivity index (χ4v) is 4.40. The summed E-state index contributed by atoms with van der Waals surface area (Å²) in [4.78, 5) is 25.7. The number of piperidine rings is 1. The Kier molecular flexibility index (Phi) is 5.63. The number of carbonyl (C=O) groups is 2. The summed E-state index contributed by atoms with van der Waals surface area (Å²) in [5, 5.41) is 7.77. The SMILES string of the molecule is Cc1cc2cc(NC(=O)C3CCNCC3)ccc2n1C(=O)c1c(Cl)cccc1Cl. The standard InChI is InChI=1S/C22H21Cl2N3O2/c1-13-11-15-12-16(26-21(28)14-7-9-25-10-8-14)5-6-19(15)27(13)22(29)20-17(23)3-2-4-18(20)24/h2-6,11-12,14,25H,7-10H2,1H3,(H,26,28). The molecule has 2 aromatic carbocycles. The highest BCUT2D eigenvalue weighted by atomic mass is 35.5. The Morgan fingerprint density at radius 2 is 1.76 bits per heavy atom. The number of amides is 1. The first-order valence-electron chi connectivity index (χ1n) is 9.58. The van der Waals surface area contributed by atoms with Crippen molar-refractivity contribution in [2.24, 2.45) is 5.92 Å². The van der Waals surface area contributed by atoms with E-state index in [2.05, 4.69) is 10.6 Å². The number of carbonyl (C=O) groups excluding carboxylic acids is 2. The van der Waals surface area contributed by atoms with Crippen molar-refractivity contribution in [1.29, 1.82) is 0 Å². The summed E-state index contributed by atoms with van der Waals surface area (Å²) in [6.07, 6.45) is 1.69. The van der Waals surface area contributed by atoms with Crippen LogP contribution in [0.5, 0.6) is 0 Å². The van der Waals surface area contributed by atoms with Crippen LogP contribution >= 0.6 is 23.2 Å². The number of hydrogen-bond acceptors (Lipinski definition) is 3. The fraction of sp³-hybridized carbons (Fsp3) is 0.273. The summed E-state index contributed by atoms with van der Waals surface area (Å²) >= 11 is 12.5. The molecule has 3 aromatic rings. The smallest absolute Gasteiger partial charge is 0.265 e. The number of aryl methyl sites for hydroxylation is 1. The minimum atomic E-state index is -0.278. The summed E-state index contributed by atoms with van der Waals surface area (Å²) in [6.45, 7) is 3.59. The van der Waals surface area contributed by atoms with Crippen LogP contribution in [0.1, 0.15) is 28.9 Å². The van der Waals surface area contributed by atoms with Gasteiger partial charge in [0.25, 0.3) is 5.91 Å². The van der Waals surface area contributed by atoms with Crippen LogP contribution in [0, 0.1) is 12.8 Å². The van der Waals surface area contributed by atoms with Crippen molar-refractivity contribution in [3.63, 3.8) is 0 Å². The van der Waals surface area contributed by atoms with Crippen molar-refractivity contribution in [1.82, 2.24) is 9.88 Å². The average molecular weight is 430 g/mol. The molecule has 2 N–H and O–H groups in total. The molecule has 0 aliphatic carbocycles. The Hall–Kier alpha value is -2.34. The van der Waals surface area contributed by atoms with Gasteiger partial charge in [0.15, 0.2) is 0 Å². The molecule has 4 rings (SSSR count). The number of fused-ring (bicyclic) bond motifs is 1. The highest BCUT2D eigenvalue weighted by molar-refractivity contribution is 6.40. The summed E-state index contributed by atoms with van der Waals surface area (Å²) in [7, 11) is 0. The van der Waals surface area contributed by atoms with E-state index in [0.717, 1.165) is 48.2 Å². The van der Waals surface area contributed by atoms with Crippen LogP contribution in [-0.4, -0.2) is 29.5 Å². The highest BCUT2D eigenvalue weighted by Gasteiger charge is 2.22. The lowest BCUT2D eigenvalue weighted by molar-refractivity contribution is -0.120. The lowest BCUT2D eigenvalue weighted by atomic mass is 9.97. The first-order chi connectivity index (χ1) is 14.0. The zero-order chi connectivity index (χ0) is 20.5. The first-order valence-corrected chi connectivity index (χ1v) is 10.3. The molecule has 1 saturated heterocycles. The van der Waals surface area contributed by atoms with Gasteiger partial charge in [-0.2, -0.15) is 0 Å². The molecule has 0 bridgehead atoms. The third-order valence-corrected chi connectivity index (χ3v) is 5.97. The van der Waals surface area contributed by atoms with E-state index in [-0.39, 0.29) is 23.3 Å². The van der Waals surface area contributed by atoms with E-state index in [9.17, 15) is 9.59 Å². The minimum Gasteiger partial charge on any atom is -0.326 e. The van der Waals surface area contributed by atoms with E-state index in [1.807, 2.05) is 31.2 Å². The third-order valence-electron chi connectivity index (χ3n) is 5.34. The zero-order valence-electron chi connectivity index (χ0n) is 16.0. The van der Waals surface area contributed by atoms with E-state index in [0.29, 0.717) is 10.0 Å². The van der Waals surface area contributed by atoms with Crippen LogP contribution in [0.4, 0.5) is 5.69 Å². The third kappa shape index (κ3) is 3.90. The molecule has 0 saturated carbocycles. The zero-order valence-corrected chi connectivity index (χ0v) is 17.5. The molecule has 1 aliphatic rings. The Bertz CT molecular complexity index is 1080. The second-order valence-corrected chi connectivity index (χ2v) is 8.12. The monoisotopic (exact) mass is 429 g/mol. The number of aromatic nitrogens is 1. The molecule has 2 heterocycles. The predicted octanol–water partition coefficient (Wildman–Crippen LogP) is 4.88. The van der Waals surface area contributed by atoms with Gasteiger partial charge in [-0.15, -0.1) is 0 Å². The number of rotatable bonds is 3. The topological polar surface area (TPSA) is 63.1 Å². The minimum absolute atomic E-state index is 0.0298. The first kappa shape index (κ1) is 20.0. The molecule has 0 spiro atoms. The van der Waals surface area contributed by atoms with Crippen LogP contribution in [0.2, 0.25) is 10.0 Å². The second-order valence-electron chi connectivity index (χ2n) is 7.31. The number of anilines is 1. The maximum Gasteiger partial charge on any atom is 0.265 e. The maximum atomic E-state index is 13.2. The Morgan fingerprint density at radius 1 is 1.07 bits per heavy atom. The molecule has 0 radical (unpaired) electrons. The Morgan fingerprint density at radius 3 is 2.45 bits per heavy atom. The molecule has 1 aliphatic heterocycles. The molecular formula is C22H21Cl2N3O2. The van der Waals surface area contributed by atoms with Gasteiger partial charge in [0.1, 0.15) is 0 Å². The molecule has 0 atom stereocenters. The van der Waals surface area contributed by atoms with Crippen molar-refractivity contribution in [2.45, 2.75) is 19.8 Å². The highest BCUT2D eigenvalue weighted by Crippen LogP contribution is 2.29. The number of benzene rings is 2. The van der Waals surface area contributed by atoms with Crippen molar-refractivity contribution in [2.75, 3.05) is 18.4 Å². The summed E-state index contributed by atoms with van der Waals surface area (Å²) in [5.41, 5.74) is 2.51. The van der Waals surface area contributed by atoms with Gasteiger partial charge in [-0.05, 0) is 69.3 Å². The van der Waals surface area contributed by atoms with Gasteiger partial charge in [-0.1, -0.05) is 29.3 Å². The second kappa shape index (κ2) is 8.19. The summed E-state index contributed by atoms with van der Waals surface area (Å²) in [5.74, 6) is -0.206.